The van der Waals surface area contributed by atoms with E-state index in [-0.39, 0.29) is 0 Å². The molecule has 1 spiro atoms. The van der Waals surface area contributed by atoms with Crippen LogP contribution in [-0.4, -0.2) is 14.5 Å². The summed E-state index contributed by atoms with van der Waals surface area (Å²) in [5, 5.41) is 2.41. The highest BCUT2D eigenvalue weighted by Crippen LogP contribution is 2.62. The zero-order chi connectivity index (χ0) is 36.1. The molecule has 55 heavy (non-hydrogen) atoms. The predicted molar refractivity (Wildman–Crippen MR) is 222 cm³/mol. The van der Waals surface area contributed by atoms with Gasteiger partial charge >= 0.3 is 0 Å². The summed E-state index contributed by atoms with van der Waals surface area (Å²) in [5.41, 5.74) is 15.7. The maximum atomic E-state index is 6.60. The minimum Gasteiger partial charge on any atom is -0.457 e. The van der Waals surface area contributed by atoms with Gasteiger partial charge in [0.05, 0.1) is 38.9 Å². The number of benzene rings is 8. The molecular weight excluding hydrogens is 671 g/mol. The van der Waals surface area contributed by atoms with Crippen LogP contribution < -0.4 is 4.74 Å². The Hall–Kier alpha value is -7.30. The zero-order valence-corrected chi connectivity index (χ0v) is 29.6. The highest BCUT2D eigenvalue weighted by molar-refractivity contribution is 6.12. The molecule has 2 aliphatic rings. The lowest BCUT2D eigenvalue weighted by atomic mass is 9.66. The molecule has 0 saturated carbocycles. The van der Waals surface area contributed by atoms with Crippen LogP contribution in [0.4, 0.5) is 0 Å². The fraction of sp³-hybridized carbons (Fsp3) is 0.0196. The summed E-state index contributed by atoms with van der Waals surface area (Å²) in [4.78, 5) is 10.6. The van der Waals surface area contributed by atoms with Crippen LogP contribution in [0.25, 0.3) is 72.2 Å². The maximum absolute atomic E-state index is 6.60. The molecule has 8 aromatic carbocycles. The minimum atomic E-state index is -0.530. The van der Waals surface area contributed by atoms with E-state index >= 15 is 0 Å². The summed E-state index contributed by atoms with van der Waals surface area (Å²) in [5.74, 6) is 1.79. The van der Waals surface area contributed by atoms with Crippen LogP contribution in [0.2, 0.25) is 0 Å². The van der Waals surface area contributed by atoms with Crippen molar-refractivity contribution in [1.82, 2.24) is 14.5 Å². The Morgan fingerprint density at radius 1 is 0.400 bits per heavy atom. The molecule has 0 fully saturated rings. The van der Waals surface area contributed by atoms with Crippen molar-refractivity contribution in [2.45, 2.75) is 5.41 Å². The third kappa shape index (κ3) is 4.16. The lowest BCUT2D eigenvalue weighted by molar-refractivity contribution is 0.436. The van der Waals surface area contributed by atoms with Crippen molar-refractivity contribution >= 4 is 32.8 Å². The van der Waals surface area contributed by atoms with E-state index < -0.39 is 5.41 Å². The Bertz CT molecular complexity index is 3140. The standard InChI is InChI=1S/C51H31N3O/c1-3-15-32(16-4-1)49-50(33-17-5-2-6-18-33)53-44-29-34(27-28-43(44)52-49)54-45-24-12-8-20-36(45)38-30-42-37(31-46(38)54)35-19-7-9-21-39(35)51(42)40-22-10-13-25-47(40)55-48-26-14-11-23-41(48)51/h1-31H. The highest BCUT2D eigenvalue weighted by atomic mass is 16.5. The molecule has 0 radical (unpaired) electrons. The molecule has 3 heterocycles. The van der Waals surface area contributed by atoms with Gasteiger partial charge in [0.25, 0.3) is 0 Å². The number of aromatic nitrogens is 3. The highest BCUT2D eigenvalue weighted by Gasteiger charge is 2.51. The summed E-state index contributed by atoms with van der Waals surface area (Å²) in [7, 11) is 0. The SMILES string of the molecule is c1ccc(-c2nc3ccc(-n4c5ccccc5c5cc6c(cc54)-c4ccccc4C64c5ccccc5Oc5ccccc54)cc3nc2-c2ccccc2)cc1. The van der Waals surface area contributed by atoms with E-state index in [2.05, 4.69) is 180 Å². The van der Waals surface area contributed by atoms with Crippen LogP contribution in [0, 0.1) is 0 Å². The smallest absolute Gasteiger partial charge is 0.132 e. The first-order chi connectivity index (χ1) is 27.3. The first-order valence-corrected chi connectivity index (χ1v) is 18.7. The van der Waals surface area contributed by atoms with Gasteiger partial charge in [-0.15, -0.1) is 0 Å². The van der Waals surface area contributed by atoms with Crippen LogP contribution in [-0.2, 0) is 5.41 Å². The molecule has 2 aromatic heterocycles. The van der Waals surface area contributed by atoms with Gasteiger partial charge in [0.1, 0.15) is 11.5 Å². The Balaban J connectivity index is 1.14. The van der Waals surface area contributed by atoms with Crippen LogP contribution in [0.1, 0.15) is 22.3 Å². The fourth-order valence-corrected chi connectivity index (χ4v) is 9.37. The van der Waals surface area contributed by atoms with Gasteiger partial charge in [-0.25, -0.2) is 9.97 Å². The second kappa shape index (κ2) is 11.3. The Morgan fingerprint density at radius 2 is 0.982 bits per heavy atom. The third-order valence-electron chi connectivity index (χ3n) is 11.6. The molecule has 0 saturated heterocycles. The number of hydrogen-bond donors (Lipinski definition) is 0. The van der Waals surface area contributed by atoms with Gasteiger partial charge in [-0.2, -0.15) is 0 Å². The number of para-hydroxylation sites is 3. The Morgan fingerprint density at radius 3 is 1.69 bits per heavy atom. The van der Waals surface area contributed by atoms with E-state index in [4.69, 9.17) is 14.7 Å². The molecule has 0 atom stereocenters. The van der Waals surface area contributed by atoms with Crippen LogP contribution in [0.15, 0.2) is 188 Å². The van der Waals surface area contributed by atoms with Gasteiger partial charge in [0.2, 0.25) is 0 Å². The van der Waals surface area contributed by atoms with Crippen molar-refractivity contribution in [2.75, 3.05) is 0 Å². The summed E-state index contributed by atoms with van der Waals surface area (Å²) in [6, 6.07) is 66.9. The lowest BCUT2D eigenvalue weighted by Crippen LogP contribution is -2.32. The second-order valence-electron chi connectivity index (χ2n) is 14.5. The first kappa shape index (κ1) is 30.2. The summed E-state index contributed by atoms with van der Waals surface area (Å²) in [6.07, 6.45) is 0. The molecule has 256 valence electrons. The Labute approximate surface area is 317 Å². The van der Waals surface area contributed by atoms with E-state index in [0.29, 0.717) is 0 Å². The topological polar surface area (TPSA) is 39.9 Å². The van der Waals surface area contributed by atoms with Gasteiger partial charge in [-0.05, 0) is 70.8 Å². The van der Waals surface area contributed by atoms with Crippen LogP contribution in [0.5, 0.6) is 11.5 Å². The molecule has 0 N–H and O–H groups in total. The van der Waals surface area contributed by atoms with Gasteiger partial charge < -0.3 is 9.30 Å². The monoisotopic (exact) mass is 701 g/mol. The molecule has 0 bridgehead atoms. The van der Waals surface area contributed by atoms with E-state index in [1.807, 2.05) is 12.1 Å². The molecule has 0 amide bonds. The van der Waals surface area contributed by atoms with Crippen molar-refractivity contribution in [1.29, 1.82) is 0 Å². The normalized spacial score (nSPS) is 13.4. The van der Waals surface area contributed by atoms with Crippen molar-refractivity contribution < 1.29 is 4.74 Å². The Kier molecular flexibility index (Phi) is 6.23. The molecule has 12 rings (SSSR count). The molecular formula is C51H31N3O. The number of ether oxygens (including phenoxy) is 1. The maximum Gasteiger partial charge on any atom is 0.132 e. The molecule has 10 aromatic rings. The number of fused-ring (bicyclic) bond motifs is 13. The van der Waals surface area contributed by atoms with E-state index in [0.717, 1.165) is 61.8 Å². The van der Waals surface area contributed by atoms with E-state index in [1.54, 1.807) is 0 Å². The quantitative estimate of drug-likeness (QED) is 0.184. The molecule has 4 nitrogen and oxygen atoms in total. The average molecular weight is 702 g/mol. The zero-order valence-electron chi connectivity index (χ0n) is 29.6. The van der Waals surface area contributed by atoms with E-state index in [9.17, 15) is 0 Å². The minimum absolute atomic E-state index is 0.530. The van der Waals surface area contributed by atoms with E-state index in [1.165, 1.54) is 44.2 Å². The first-order valence-electron chi connectivity index (χ1n) is 18.7. The van der Waals surface area contributed by atoms with Crippen molar-refractivity contribution in [3.05, 3.63) is 210 Å². The van der Waals surface area contributed by atoms with Crippen molar-refractivity contribution in [3.8, 4) is 50.8 Å². The fourth-order valence-electron chi connectivity index (χ4n) is 9.37. The van der Waals surface area contributed by atoms with Gasteiger partial charge in [0, 0.05) is 38.7 Å². The van der Waals surface area contributed by atoms with Gasteiger partial charge in [-0.1, -0.05) is 140 Å². The second-order valence-corrected chi connectivity index (χ2v) is 14.5. The average Bonchev–Trinajstić information content (AvgIpc) is 3.73. The number of hydrogen-bond acceptors (Lipinski definition) is 3. The molecule has 4 heteroatoms. The van der Waals surface area contributed by atoms with Crippen molar-refractivity contribution in [3.63, 3.8) is 0 Å². The summed E-state index contributed by atoms with van der Waals surface area (Å²) >= 11 is 0. The largest absolute Gasteiger partial charge is 0.457 e. The molecule has 1 aliphatic carbocycles. The summed E-state index contributed by atoms with van der Waals surface area (Å²) in [6.45, 7) is 0. The molecule has 1 aliphatic heterocycles. The van der Waals surface area contributed by atoms with Crippen LogP contribution in [0.3, 0.4) is 0 Å². The predicted octanol–water partition coefficient (Wildman–Crippen LogP) is 12.5. The number of nitrogens with zero attached hydrogens (tertiary/aromatic N) is 3. The number of rotatable bonds is 3. The summed E-state index contributed by atoms with van der Waals surface area (Å²) < 4.78 is 9.00. The van der Waals surface area contributed by atoms with Gasteiger partial charge in [0.15, 0.2) is 0 Å². The van der Waals surface area contributed by atoms with Crippen molar-refractivity contribution in [2.24, 2.45) is 0 Å². The third-order valence-corrected chi connectivity index (χ3v) is 11.6. The van der Waals surface area contributed by atoms with Crippen LogP contribution >= 0.6 is 0 Å². The van der Waals surface area contributed by atoms with Gasteiger partial charge in [-0.3, -0.25) is 0 Å². The molecule has 0 unspecified atom stereocenters. The lowest BCUT2D eigenvalue weighted by Gasteiger charge is -2.39.